The molecule has 1 aromatic heterocycles. The SMILES string of the molecule is CN(C=O)/N=c1/cc(NC(=O)OC(C)(C)C)ccn1C. The van der Waals surface area contributed by atoms with Crippen molar-refractivity contribution in [2.75, 3.05) is 12.4 Å². The largest absolute Gasteiger partial charge is 0.444 e. The minimum Gasteiger partial charge on any atom is -0.444 e. The minimum absolute atomic E-state index is 0.521. The molecule has 1 rings (SSSR count). The highest BCUT2D eigenvalue weighted by atomic mass is 16.6. The van der Waals surface area contributed by atoms with Crippen molar-refractivity contribution in [2.24, 2.45) is 12.1 Å². The van der Waals surface area contributed by atoms with Crippen molar-refractivity contribution in [3.8, 4) is 0 Å². The van der Waals surface area contributed by atoms with E-state index >= 15 is 0 Å². The van der Waals surface area contributed by atoms with Crippen LogP contribution in [0.3, 0.4) is 0 Å². The van der Waals surface area contributed by atoms with E-state index in [-0.39, 0.29) is 0 Å². The minimum atomic E-state index is -0.561. The summed E-state index contributed by atoms with van der Waals surface area (Å²) < 4.78 is 6.88. The molecule has 0 saturated carbocycles. The first-order valence-electron chi connectivity index (χ1n) is 6.11. The third-order valence-corrected chi connectivity index (χ3v) is 2.18. The molecular formula is C13H20N4O3. The van der Waals surface area contributed by atoms with E-state index in [1.54, 1.807) is 50.7 Å². The van der Waals surface area contributed by atoms with E-state index < -0.39 is 11.7 Å². The van der Waals surface area contributed by atoms with Gasteiger partial charge in [-0.3, -0.25) is 10.1 Å². The van der Waals surface area contributed by atoms with Crippen molar-refractivity contribution in [3.05, 3.63) is 23.8 Å². The van der Waals surface area contributed by atoms with Gasteiger partial charge in [-0.05, 0) is 26.8 Å². The molecule has 0 aromatic carbocycles. The zero-order valence-corrected chi connectivity index (χ0v) is 12.4. The van der Waals surface area contributed by atoms with E-state index in [4.69, 9.17) is 4.74 Å². The lowest BCUT2D eigenvalue weighted by molar-refractivity contribution is -0.117. The van der Waals surface area contributed by atoms with E-state index in [1.807, 2.05) is 0 Å². The number of pyridine rings is 1. The van der Waals surface area contributed by atoms with Crippen LogP contribution in [0.1, 0.15) is 20.8 Å². The first kappa shape index (κ1) is 15.7. The van der Waals surface area contributed by atoms with Crippen molar-refractivity contribution in [2.45, 2.75) is 26.4 Å². The molecule has 0 unspecified atom stereocenters. The van der Waals surface area contributed by atoms with Crippen LogP contribution in [0.25, 0.3) is 0 Å². The number of aromatic nitrogens is 1. The molecule has 0 fully saturated rings. The monoisotopic (exact) mass is 280 g/mol. The Balaban J connectivity index is 2.93. The standard InChI is InChI=1S/C13H20N4O3/c1-13(2,3)20-12(19)14-10-6-7-16(4)11(8-10)15-17(5)9-18/h6-9H,1-5H3,(H,14,19)/b15-11-. The zero-order valence-electron chi connectivity index (χ0n) is 12.4. The Morgan fingerprint density at radius 1 is 1.50 bits per heavy atom. The van der Waals surface area contributed by atoms with Crippen LogP contribution in [-0.4, -0.2) is 34.7 Å². The maximum absolute atomic E-state index is 11.7. The number of ether oxygens (including phenoxy) is 1. The van der Waals surface area contributed by atoms with Crippen molar-refractivity contribution < 1.29 is 14.3 Å². The zero-order chi connectivity index (χ0) is 15.3. The summed E-state index contributed by atoms with van der Waals surface area (Å²) in [6.07, 6.45) is 1.78. The average Bonchev–Trinajstić information content (AvgIpc) is 2.30. The summed E-state index contributed by atoms with van der Waals surface area (Å²) >= 11 is 0. The smallest absolute Gasteiger partial charge is 0.412 e. The number of anilines is 1. The number of aryl methyl sites for hydroxylation is 1. The van der Waals surface area contributed by atoms with E-state index in [0.29, 0.717) is 17.6 Å². The molecular weight excluding hydrogens is 260 g/mol. The number of nitrogens with one attached hydrogen (secondary N) is 1. The van der Waals surface area contributed by atoms with Crippen molar-refractivity contribution in [1.29, 1.82) is 0 Å². The van der Waals surface area contributed by atoms with Crippen LogP contribution in [0.5, 0.6) is 0 Å². The molecule has 2 amide bonds. The molecule has 7 nitrogen and oxygen atoms in total. The van der Waals surface area contributed by atoms with Gasteiger partial charge in [0.25, 0.3) is 0 Å². The van der Waals surface area contributed by atoms with Gasteiger partial charge in [0.1, 0.15) is 5.60 Å². The predicted molar refractivity (Wildman–Crippen MR) is 74.7 cm³/mol. The first-order chi connectivity index (χ1) is 9.21. The Labute approximate surface area is 117 Å². The molecule has 1 heterocycles. The molecule has 1 aromatic rings. The van der Waals surface area contributed by atoms with Crippen LogP contribution in [0.4, 0.5) is 10.5 Å². The Bertz CT molecular complexity index is 557. The van der Waals surface area contributed by atoms with Gasteiger partial charge < -0.3 is 9.30 Å². The van der Waals surface area contributed by atoms with Gasteiger partial charge in [0.05, 0.1) is 0 Å². The Morgan fingerprint density at radius 2 is 2.15 bits per heavy atom. The summed E-state index contributed by atoms with van der Waals surface area (Å²) in [5.41, 5.74) is 0.498. The summed E-state index contributed by atoms with van der Waals surface area (Å²) in [7, 11) is 3.32. The summed E-state index contributed by atoms with van der Waals surface area (Å²) in [4.78, 5) is 22.2. The Kier molecular flexibility index (Phi) is 4.90. The highest BCUT2D eigenvalue weighted by molar-refractivity contribution is 5.84. The molecule has 0 radical (unpaired) electrons. The molecule has 0 atom stereocenters. The number of hydrogen-bond donors (Lipinski definition) is 1. The second-order valence-corrected chi connectivity index (χ2v) is 5.29. The van der Waals surface area contributed by atoms with Crippen molar-refractivity contribution in [3.63, 3.8) is 0 Å². The van der Waals surface area contributed by atoms with Gasteiger partial charge in [-0.1, -0.05) is 0 Å². The fourth-order valence-electron chi connectivity index (χ4n) is 1.34. The molecule has 20 heavy (non-hydrogen) atoms. The Hall–Kier alpha value is -2.31. The third-order valence-electron chi connectivity index (χ3n) is 2.18. The highest BCUT2D eigenvalue weighted by Crippen LogP contribution is 2.09. The summed E-state index contributed by atoms with van der Waals surface area (Å²) in [6.45, 7) is 5.37. The Morgan fingerprint density at radius 3 is 2.70 bits per heavy atom. The molecule has 0 aliphatic rings. The lowest BCUT2D eigenvalue weighted by Crippen LogP contribution is -2.28. The maximum Gasteiger partial charge on any atom is 0.412 e. The van der Waals surface area contributed by atoms with Crippen molar-refractivity contribution in [1.82, 2.24) is 9.58 Å². The van der Waals surface area contributed by atoms with E-state index in [1.165, 1.54) is 7.05 Å². The summed E-state index contributed by atoms with van der Waals surface area (Å²) in [5, 5.41) is 7.82. The van der Waals surface area contributed by atoms with Gasteiger partial charge in [0.15, 0.2) is 5.49 Å². The van der Waals surface area contributed by atoms with Crippen LogP contribution in [-0.2, 0) is 16.6 Å². The van der Waals surface area contributed by atoms with Gasteiger partial charge in [0.2, 0.25) is 6.41 Å². The van der Waals surface area contributed by atoms with Crippen LogP contribution >= 0.6 is 0 Å². The molecule has 0 saturated heterocycles. The lowest BCUT2D eigenvalue weighted by Gasteiger charge is -2.19. The van der Waals surface area contributed by atoms with Gasteiger partial charge in [0, 0.05) is 32.0 Å². The number of rotatable bonds is 3. The van der Waals surface area contributed by atoms with Crippen molar-refractivity contribution >= 4 is 18.2 Å². The van der Waals surface area contributed by atoms with Crippen LogP contribution in [0.2, 0.25) is 0 Å². The predicted octanol–water partition coefficient (Wildman–Crippen LogP) is 1.28. The van der Waals surface area contributed by atoms with E-state index in [2.05, 4.69) is 10.4 Å². The van der Waals surface area contributed by atoms with Gasteiger partial charge in [-0.2, -0.15) is 5.10 Å². The second-order valence-electron chi connectivity index (χ2n) is 5.29. The number of amides is 2. The second kappa shape index (κ2) is 6.23. The first-order valence-corrected chi connectivity index (χ1v) is 6.11. The molecule has 0 spiro atoms. The number of nitrogens with zero attached hydrogens (tertiary/aromatic N) is 3. The third kappa shape index (κ3) is 5.13. The van der Waals surface area contributed by atoms with Crippen LogP contribution < -0.4 is 10.8 Å². The molecule has 110 valence electrons. The van der Waals surface area contributed by atoms with Crippen LogP contribution in [0, 0.1) is 0 Å². The molecule has 0 aliphatic heterocycles. The fourth-order valence-corrected chi connectivity index (χ4v) is 1.34. The number of carbonyl (C=O) groups excluding carboxylic acids is 2. The molecule has 7 heteroatoms. The number of carbonyl (C=O) groups is 2. The highest BCUT2D eigenvalue weighted by Gasteiger charge is 2.16. The normalized spacial score (nSPS) is 11.9. The number of hydrogen-bond acceptors (Lipinski definition) is 4. The maximum atomic E-state index is 11.7. The van der Waals surface area contributed by atoms with Gasteiger partial charge in [-0.25, -0.2) is 9.80 Å². The molecule has 0 aliphatic carbocycles. The van der Waals surface area contributed by atoms with Gasteiger partial charge in [-0.15, -0.1) is 0 Å². The summed E-state index contributed by atoms with van der Waals surface area (Å²) in [5.74, 6) is 0. The van der Waals surface area contributed by atoms with Crippen LogP contribution in [0.15, 0.2) is 23.4 Å². The van der Waals surface area contributed by atoms with E-state index in [0.717, 1.165) is 5.01 Å². The molecule has 1 N–H and O–H groups in total. The van der Waals surface area contributed by atoms with E-state index in [9.17, 15) is 9.59 Å². The summed E-state index contributed by atoms with van der Waals surface area (Å²) in [6, 6.07) is 3.35. The lowest BCUT2D eigenvalue weighted by atomic mass is 10.2. The topological polar surface area (TPSA) is 75.9 Å². The quantitative estimate of drug-likeness (QED) is 0.669. The fraction of sp³-hybridized carbons (Fsp3) is 0.462. The molecule has 0 bridgehead atoms. The average molecular weight is 280 g/mol. The van der Waals surface area contributed by atoms with Gasteiger partial charge >= 0.3 is 6.09 Å².